The van der Waals surface area contributed by atoms with Crippen molar-refractivity contribution in [3.63, 3.8) is 0 Å². The maximum atomic E-state index is 14.7. The number of nitrogens with zero attached hydrogens (tertiary/aromatic N) is 1. The van der Waals surface area contributed by atoms with E-state index in [-0.39, 0.29) is 40.1 Å². The summed E-state index contributed by atoms with van der Waals surface area (Å²) in [6.07, 6.45) is -1.13. The molecule has 0 fully saturated rings. The molecule has 4 aromatic carbocycles. The van der Waals surface area contributed by atoms with E-state index in [1.807, 2.05) is 19.1 Å². The minimum atomic E-state index is -1.56. The zero-order valence-electron chi connectivity index (χ0n) is 30.2. The molecule has 0 saturated heterocycles. The van der Waals surface area contributed by atoms with Gasteiger partial charge in [0.1, 0.15) is 41.2 Å². The van der Waals surface area contributed by atoms with Crippen LogP contribution in [0.15, 0.2) is 60.7 Å². The minimum absolute atomic E-state index is 0.0589. The average molecular weight is 747 g/mol. The molecule has 8 bridgehead atoms. The number of ether oxygens (including phenoxy) is 5. The van der Waals surface area contributed by atoms with E-state index in [0.29, 0.717) is 51.5 Å². The van der Waals surface area contributed by atoms with Crippen molar-refractivity contribution in [2.24, 2.45) is 5.73 Å². The highest BCUT2D eigenvalue weighted by molar-refractivity contribution is 6.32. The Balaban J connectivity index is 1.64. The number of carbonyl (C=O) groups excluding carboxylic acids is 2. The van der Waals surface area contributed by atoms with Gasteiger partial charge in [0.25, 0.3) is 0 Å². The highest BCUT2D eigenvalue weighted by Gasteiger charge is 2.38. The van der Waals surface area contributed by atoms with Crippen molar-refractivity contribution in [1.82, 2.24) is 15.5 Å². The standard InChI is InChI=1S/C39H43ClN4O9/c1-7-27-23-16-22(49-3)17-31(51-5)33(23)24-12-19(8-10-29(24)50-4)35-39(48)43-34(38(47)42-27)36(46)20-9-11-30(25(40)13-20)53-32-15-21(26(41)18-44(35)2)14-28(45)37(32)52-6/h8-17,26-27,34-36,45-46H,7,18,41H2,1-6H3,(H,42,47)(H,43,48)/t26-,27+,34-,35-,36+/m0/s1. The first-order valence-electron chi connectivity index (χ1n) is 17.0. The molecule has 0 radical (unpaired) electrons. The van der Waals surface area contributed by atoms with E-state index >= 15 is 0 Å². The van der Waals surface area contributed by atoms with Crippen LogP contribution in [0.5, 0.6) is 40.2 Å². The number of halogens is 1. The van der Waals surface area contributed by atoms with Gasteiger partial charge in [0.15, 0.2) is 11.5 Å². The van der Waals surface area contributed by atoms with Gasteiger partial charge in [-0.15, -0.1) is 0 Å². The molecular formula is C39H43ClN4O9. The first kappa shape index (κ1) is 37.5. The third kappa shape index (κ3) is 7.12. The number of phenolic OH excluding ortho intramolecular Hbond substituents is 1. The number of methoxy groups -OCH3 is 4. The Labute approximate surface area is 312 Å². The van der Waals surface area contributed by atoms with Gasteiger partial charge in [0, 0.05) is 29.8 Å². The zero-order chi connectivity index (χ0) is 38.1. The van der Waals surface area contributed by atoms with Gasteiger partial charge in [0.05, 0.1) is 39.5 Å². The molecule has 4 aromatic rings. The van der Waals surface area contributed by atoms with E-state index in [1.54, 1.807) is 50.4 Å². The normalized spacial score (nSPS) is 21.6. The van der Waals surface area contributed by atoms with Gasteiger partial charge in [-0.1, -0.05) is 30.7 Å². The van der Waals surface area contributed by atoms with Crippen LogP contribution in [0, 0.1) is 0 Å². The molecular weight excluding hydrogens is 704 g/mol. The maximum absolute atomic E-state index is 14.7. The number of nitrogens with one attached hydrogen (secondary N) is 2. The summed E-state index contributed by atoms with van der Waals surface area (Å²) in [6.45, 7) is 2.00. The molecule has 0 saturated carbocycles. The number of amides is 2. The lowest BCUT2D eigenvalue weighted by atomic mass is 9.88. The fraction of sp³-hybridized carbons (Fsp3) is 0.333. The molecule has 3 aliphatic rings. The van der Waals surface area contributed by atoms with Crippen molar-refractivity contribution in [2.75, 3.05) is 42.0 Å². The molecule has 280 valence electrons. The first-order valence-corrected chi connectivity index (χ1v) is 17.4. The number of fused-ring (bicyclic) bond motifs is 8. The Kier molecular flexibility index (Phi) is 10.9. The number of aliphatic hydroxyl groups excluding tert-OH is 1. The highest BCUT2D eigenvalue weighted by atomic mass is 35.5. The summed E-state index contributed by atoms with van der Waals surface area (Å²) in [5, 5.41) is 28.9. The summed E-state index contributed by atoms with van der Waals surface area (Å²) in [7, 11) is 7.74. The largest absolute Gasteiger partial charge is 0.504 e. The Morgan fingerprint density at radius 2 is 1.60 bits per heavy atom. The maximum Gasteiger partial charge on any atom is 0.246 e. The quantitative estimate of drug-likeness (QED) is 0.179. The van der Waals surface area contributed by atoms with Crippen molar-refractivity contribution < 1.29 is 43.5 Å². The van der Waals surface area contributed by atoms with Gasteiger partial charge >= 0.3 is 0 Å². The number of rotatable bonds is 5. The molecule has 3 aliphatic heterocycles. The minimum Gasteiger partial charge on any atom is -0.504 e. The van der Waals surface area contributed by atoms with Crippen LogP contribution in [-0.4, -0.2) is 75.0 Å². The number of likely N-dealkylation sites (N-methyl/N-ethyl adjacent to an activating group) is 1. The molecule has 14 heteroatoms. The third-order valence-corrected chi connectivity index (χ3v) is 10.0. The summed E-state index contributed by atoms with van der Waals surface area (Å²) in [4.78, 5) is 30.8. The lowest BCUT2D eigenvalue weighted by Crippen LogP contribution is -2.53. The lowest BCUT2D eigenvalue weighted by molar-refractivity contribution is -0.135. The van der Waals surface area contributed by atoms with Crippen molar-refractivity contribution in [3.8, 4) is 51.4 Å². The van der Waals surface area contributed by atoms with Crippen LogP contribution < -0.4 is 40.1 Å². The topological polar surface area (TPSA) is 174 Å². The smallest absolute Gasteiger partial charge is 0.246 e. The van der Waals surface area contributed by atoms with E-state index in [4.69, 9.17) is 41.0 Å². The van der Waals surface area contributed by atoms with E-state index in [9.17, 15) is 19.8 Å². The van der Waals surface area contributed by atoms with Crippen LogP contribution in [0.25, 0.3) is 11.1 Å². The molecule has 13 nitrogen and oxygen atoms in total. The number of nitrogens with two attached hydrogens (primary N) is 1. The van der Waals surface area contributed by atoms with E-state index in [2.05, 4.69) is 10.6 Å². The van der Waals surface area contributed by atoms with Gasteiger partial charge in [0.2, 0.25) is 17.6 Å². The van der Waals surface area contributed by atoms with E-state index < -0.39 is 42.1 Å². The number of benzene rings is 4. The highest BCUT2D eigenvalue weighted by Crippen LogP contribution is 2.47. The van der Waals surface area contributed by atoms with Gasteiger partial charge in [-0.3, -0.25) is 14.5 Å². The molecule has 0 aromatic heterocycles. The van der Waals surface area contributed by atoms with Gasteiger partial charge in [-0.05, 0) is 78.2 Å². The molecule has 6 N–H and O–H groups in total. The molecule has 0 unspecified atom stereocenters. The Hall–Kier alpha value is -5.21. The summed E-state index contributed by atoms with van der Waals surface area (Å²) in [6, 6.07) is 12.6. The van der Waals surface area contributed by atoms with Crippen LogP contribution in [0.3, 0.4) is 0 Å². The van der Waals surface area contributed by atoms with Crippen molar-refractivity contribution in [1.29, 1.82) is 0 Å². The molecule has 7 rings (SSSR count). The van der Waals surface area contributed by atoms with Gasteiger partial charge in [-0.25, -0.2) is 0 Å². The van der Waals surface area contributed by atoms with Crippen LogP contribution in [0.4, 0.5) is 0 Å². The van der Waals surface area contributed by atoms with Crippen molar-refractivity contribution >= 4 is 23.4 Å². The Morgan fingerprint density at radius 3 is 2.26 bits per heavy atom. The SMILES string of the molecule is CC[C@H]1NC(=O)[C@H]2NC(=O)[C@H](c3ccc(OC)c(c3)-c3c(OC)cc(OC)cc31)N(C)C[C@H](N)c1cc(O)c(OC)c(c1)Oc1ccc(cc1Cl)[C@H]2O. The lowest BCUT2D eigenvalue weighted by Gasteiger charge is -2.34. The third-order valence-electron chi connectivity index (χ3n) is 9.75. The summed E-state index contributed by atoms with van der Waals surface area (Å²) >= 11 is 6.69. The van der Waals surface area contributed by atoms with Crippen LogP contribution >= 0.6 is 11.6 Å². The van der Waals surface area contributed by atoms with Gasteiger partial charge in [-0.2, -0.15) is 0 Å². The summed E-state index contributed by atoms with van der Waals surface area (Å²) in [5.74, 6) is 0.397. The zero-order valence-corrected chi connectivity index (χ0v) is 31.0. The molecule has 53 heavy (non-hydrogen) atoms. The summed E-state index contributed by atoms with van der Waals surface area (Å²) < 4.78 is 29.0. The van der Waals surface area contributed by atoms with Crippen LogP contribution in [0.1, 0.15) is 59.8 Å². The fourth-order valence-electron chi connectivity index (χ4n) is 7.05. The second kappa shape index (κ2) is 15.4. The predicted molar refractivity (Wildman–Crippen MR) is 198 cm³/mol. The predicted octanol–water partition coefficient (Wildman–Crippen LogP) is 5.32. The molecule has 0 aliphatic carbocycles. The fourth-order valence-corrected chi connectivity index (χ4v) is 7.28. The van der Waals surface area contributed by atoms with Crippen LogP contribution in [0.2, 0.25) is 5.02 Å². The first-order chi connectivity index (χ1) is 25.4. The van der Waals surface area contributed by atoms with Crippen molar-refractivity contribution in [3.05, 3.63) is 87.9 Å². The summed E-state index contributed by atoms with van der Waals surface area (Å²) in [5.41, 5.74) is 9.94. The van der Waals surface area contributed by atoms with E-state index in [0.717, 1.165) is 0 Å². The number of aromatic hydroxyl groups is 1. The number of hydrogen-bond donors (Lipinski definition) is 5. The average Bonchev–Trinajstić information content (AvgIpc) is 3.14. The Bertz CT molecular complexity index is 2040. The monoisotopic (exact) mass is 746 g/mol. The van der Waals surface area contributed by atoms with Gasteiger partial charge < -0.3 is 50.3 Å². The number of phenols is 1. The second-order valence-electron chi connectivity index (χ2n) is 13.0. The molecule has 5 atom stereocenters. The molecule has 3 heterocycles. The van der Waals surface area contributed by atoms with Crippen LogP contribution in [-0.2, 0) is 9.59 Å². The number of hydrogen-bond acceptors (Lipinski definition) is 11. The number of carbonyl (C=O) groups is 2. The second-order valence-corrected chi connectivity index (χ2v) is 13.4. The van der Waals surface area contributed by atoms with Crippen molar-refractivity contribution in [2.45, 2.75) is 43.6 Å². The molecule has 2 amide bonds. The van der Waals surface area contributed by atoms with E-state index in [1.165, 1.54) is 38.5 Å². The number of aliphatic hydroxyl groups is 1. The molecule has 0 spiro atoms. The Morgan fingerprint density at radius 1 is 0.868 bits per heavy atom.